The highest BCUT2D eigenvalue weighted by Gasteiger charge is 2.33. The molecule has 3 rings (SSSR count). The van der Waals surface area contributed by atoms with Gasteiger partial charge in [-0.2, -0.15) is 5.10 Å². The zero-order valence-electron chi connectivity index (χ0n) is 12.6. The maximum absolute atomic E-state index is 11.2. The van der Waals surface area contributed by atoms with Crippen LogP contribution in [0, 0.1) is 5.41 Å². The lowest BCUT2D eigenvalue weighted by Crippen LogP contribution is -2.28. The standard InChI is InChI=1S/C16H18N4O2/c1-16(2)7-13(19-22)12-9-18-20(14(12)8-16)11-5-3-10(4-6-11)15(17)21/h3-6,9,22H,7-8H2,1-2H3,(H2,17,21)/b19-13+. The Morgan fingerprint density at radius 1 is 1.32 bits per heavy atom. The van der Waals surface area contributed by atoms with Gasteiger partial charge in [0, 0.05) is 11.1 Å². The van der Waals surface area contributed by atoms with Crippen molar-refractivity contribution in [3.8, 4) is 5.69 Å². The molecule has 1 aliphatic carbocycles. The maximum atomic E-state index is 11.2. The predicted octanol–water partition coefficient (Wildman–Crippen LogP) is 2.12. The van der Waals surface area contributed by atoms with Crippen molar-refractivity contribution in [3.63, 3.8) is 0 Å². The number of hydrogen-bond acceptors (Lipinski definition) is 4. The Kier molecular flexibility index (Phi) is 3.24. The van der Waals surface area contributed by atoms with Gasteiger partial charge in [-0.25, -0.2) is 4.68 Å². The molecule has 0 unspecified atom stereocenters. The summed E-state index contributed by atoms with van der Waals surface area (Å²) in [6, 6.07) is 6.98. The van der Waals surface area contributed by atoms with Crippen LogP contribution in [0.3, 0.4) is 0 Å². The van der Waals surface area contributed by atoms with Gasteiger partial charge in [0.05, 0.1) is 23.3 Å². The highest BCUT2D eigenvalue weighted by molar-refractivity contribution is 6.02. The molecule has 0 bridgehead atoms. The quantitative estimate of drug-likeness (QED) is 0.657. The predicted molar refractivity (Wildman–Crippen MR) is 82.5 cm³/mol. The van der Waals surface area contributed by atoms with Crippen molar-refractivity contribution >= 4 is 11.6 Å². The van der Waals surface area contributed by atoms with Gasteiger partial charge in [0.25, 0.3) is 0 Å². The Morgan fingerprint density at radius 2 is 2.00 bits per heavy atom. The largest absolute Gasteiger partial charge is 0.411 e. The molecule has 0 saturated heterocycles. The molecule has 0 aliphatic heterocycles. The molecule has 0 spiro atoms. The molecule has 22 heavy (non-hydrogen) atoms. The van der Waals surface area contributed by atoms with Crippen molar-refractivity contribution < 1.29 is 10.0 Å². The first-order valence-electron chi connectivity index (χ1n) is 7.10. The van der Waals surface area contributed by atoms with Crippen LogP contribution in [-0.2, 0) is 6.42 Å². The van der Waals surface area contributed by atoms with E-state index in [1.54, 1.807) is 18.3 Å². The molecule has 114 valence electrons. The number of carbonyl (C=O) groups is 1. The number of hydrogen-bond donors (Lipinski definition) is 2. The number of aromatic nitrogens is 2. The van der Waals surface area contributed by atoms with Gasteiger partial charge in [0.1, 0.15) is 0 Å². The van der Waals surface area contributed by atoms with Crippen LogP contribution >= 0.6 is 0 Å². The van der Waals surface area contributed by atoms with Crippen LogP contribution in [0.15, 0.2) is 35.6 Å². The van der Waals surface area contributed by atoms with E-state index in [0.717, 1.165) is 23.4 Å². The Labute approximate surface area is 128 Å². The first-order valence-corrected chi connectivity index (χ1v) is 7.10. The van der Waals surface area contributed by atoms with E-state index >= 15 is 0 Å². The number of nitrogens with zero attached hydrogens (tertiary/aromatic N) is 3. The summed E-state index contributed by atoms with van der Waals surface area (Å²) >= 11 is 0. The highest BCUT2D eigenvalue weighted by Crippen LogP contribution is 2.35. The first-order chi connectivity index (χ1) is 10.4. The van der Waals surface area contributed by atoms with Crippen molar-refractivity contribution in [2.45, 2.75) is 26.7 Å². The van der Waals surface area contributed by atoms with Crippen molar-refractivity contribution in [1.29, 1.82) is 0 Å². The number of carbonyl (C=O) groups excluding carboxylic acids is 1. The minimum absolute atomic E-state index is 0.000484. The molecule has 1 aromatic carbocycles. The van der Waals surface area contributed by atoms with Crippen LogP contribution in [0.25, 0.3) is 5.69 Å². The minimum atomic E-state index is -0.454. The molecular weight excluding hydrogens is 280 g/mol. The van der Waals surface area contributed by atoms with Crippen LogP contribution in [-0.4, -0.2) is 26.6 Å². The topological polar surface area (TPSA) is 93.5 Å². The lowest BCUT2D eigenvalue weighted by Gasteiger charge is -2.30. The number of benzene rings is 1. The van der Waals surface area contributed by atoms with Gasteiger partial charge in [-0.1, -0.05) is 19.0 Å². The number of primary amides is 1. The SMILES string of the molecule is CC1(C)C/C(=N\O)c2cnn(-c3ccc(C(N)=O)cc3)c2C1. The summed E-state index contributed by atoms with van der Waals surface area (Å²) in [5, 5.41) is 17.1. The molecule has 1 aliphatic rings. The van der Waals surface area contributed by atoms with Crippen molar-refractivity contribution in [2.75, 3.05) is 0 Å². The van der Waals surface area contributed by atoms with Crippen LogP contribution in [0.5, 0.6) is 0 Å². The average molecular weight is 298 g/mol. The summed E-state index contributed by atoms with van der Waals surface area (Å²) in [7, 11) is 0. The van der Waals surface area contributed by atoms with E-state index in [1.807, 2.05) is 16.8 Å². The van der Waals surface area contributed by atoms with Gasteiger partial charge in [-0.3, -0.25) is 4.79 Å². The molecule has 0 radical (unpaired) electrons. The van der Waals surface area contributed by atoms with E-state index in [9.17, 15) is 10.0 Å². The van der Waals surface area contributed by atoms with E-state index in [1.165, 1.54) is 0 Å². The molecule has 1 amide bonds. The highest BCUT2D eigenvalue weighted by atomic mass is 16.4. The summed E-state index contributed by atoms with van der Waals surface area (Å²) in [5.74, 6) is -0.454. The molecule has 1 heterocycles. The number of nitrogens with two attached hydrogens (primary N) is 1. The van der Waals surface area contributed by atoms with E-state index in [2.05, 4.69) is 24.1 Å². The molecule has 0 fully saturated rings. The van der Waals surface area contributed by atoms with Crippen LogP contribution in [0.1, 0.15) is 41.9 Å². The Balaban J connectivity index is 2.07. The summed E-state index contributed by atoms with van der Waals surface area (Å²) in [5.41, 5.74) is 9.11. The third kappa shape index (κ3) is 2.36. The number of oxime groups is 1. The number of rotatable bonds is 2. The molecule has 3 N–H and O–H groups in total. The van der Waals surface area contributed by atoms with Crippen molar-refractivity contribution in [1.82, 2.24) is 9.78 Å². The second-order valence-electron chi connectivity index (χ2n) is 6.39. The third-order valence-corrected chi connectivity index (χ3v) is 3.99. The summed E-state index contributed by atoms with van der Waals surface area (Å²) in [6.45, 7) is 4.27. The molecular formula is C16H18N4O2. The van der Waals surface area contributed by atoms with E-state index in [-0.39, 0.29) is 5.41 Å². The Hall–Kier alpha value is -2.63. The lowest BCUT2D eigenvalue weighted by atomic mass is 9.76. The summed E-state index contributed by atoms with van der Waals surface area (Å²) in [6.07, 6.45) is 3.27. The van der Waals surface area contributed by atoms with Gasteiger partial charge < -0.3 is 10.9 Å². The van der Waals surface area contributed by atoms with E-state index in [4.69, 9.17) is 5.73 Å². The minimum Gasteiger partial charge on any atom is -0.411 e. The van der Waals surface area contributed by atoms with Gasteiger partial charge in [-0.15, -0.1) is 0 Å². The number of fused-ring (bicyclic) bond motifs is 1. The fourth-order valence-corrected chi connectivity index (χ4v) is 2.93. The second kappa shape index (κ2) is 4.98. The molecule has 1 aromatic heterocycles. The van der Waals surface area contributed by atoms with Crippen LogP contribution < -0.4 is 5.73 Å². The molecule has 0 atom stereocenters. The number of amides is 1. The Morgan fingerprint density at radius 3 is 2.59 bits per heavy atom. The zero-order valence-corrected chi connectivity index (χ0v) is 12.6. The lowest BCUT2D eigenvalue weighted by molar-refractivity contribution is 0.100. The fourth-order valence-electron chi connectivity index (χ4n) is 2.93. The smallest absolute Gasteiger partial charge is 0.248 e. The molecule has 6 heteroatoms. The normalized spacial score (nSPS) is 18.2. The summed E-state index contributed by atoms with van der Waals surface area (Å²) < 4.78 is 1.83. The third-order valence-electron chi connectivity index (χ3n) is 3.99. The molecule has 2 aromatic rings. The van der Waals surface area contributed by atoms with Crippen LogP contribution in [0.2, 0.25) is 0 Å². The monoisotopic (exact) mass is 298 g/mol. The van der Waals surface area contributed by atoms with Crippen LogP contribution in [0.4, 0.5) is 0 Å². The van der Waals surface area contributed by atoms with E-state index < -0.39 is 5.91 Å². The zero-order chi connectivity index (χ0) is 15.9. The van der Waals surface area contributed by atoms with Crippen molar-refractivity contribution in [2.24, 2.45) is 16.3 Å². The second-order valence-corrected chi connectivity index (χ2v) is 6.39. The van der Waals surface area contributed by atoms with Gasteiger partial charge in [-0.05, 0) is 42.5 Å². The first kappa shape index (κ1) is 14.3. The van der Waals surface area contributed by atoms with Gasteiger partial charge in [0.15, 0.2) is 0 Å². The van der Waals surface area contributed by atoms with Crippen molar-refractivity contribution in [3.05, 3.63) is 47.3 Å². The molecule has 6 nitrogen and oxygen atoms in total. The van der Waals surface area contributed by atoms with E-state index in [0.29, 0.717) is 17.7 Å². The van der Waals surface area contributed by atoms with Gasteiger partial charge in [0.2, 0.25) is 5.91 Å². The average Bonchev–Trinajstić information content (AvgIpc) is 2.88. The maximum Gasteiger partial charge on any atom is 0.248 e. The summed E-state index contributed by atoms with van der Waals surface area (Å²) in [4.78, 5) is 11.2. The van der Waals surface area contributed by atoms with Gasteiger partial charge >= 0.3 is 0 Å². The fraction of sp³-hybridized carbons (Fsp3) is 0.312. The molecule has 0 saturated carbocycles. The Bertz CT molecular complexity index is 757.